The van der Waals surface area contributed by atoms with Gasteiger partial charge in [0.15, 0.2) is 5.78 Å². The number of thiophene rings is 2. The Balaban J connectivity index is 1.67. The van der Waals surface area contributed by atoms with Gasteiger partial charge in [0.2, 0.25) is 5.91 Å². The van der Waals surface area contributed by atoms with Gasteiger partial charge in [0.05, 0.1) is 5.56 Å². The number of nitrogens with zero attached hydrogens (tertiary/aromatic N) is 2. The predicted octanol–water partition coefficient (Wildman–Crippen LogP) is 5.48. The quantitative estimate of drug-likeness (QED) is 0.602. The molecule has 2 aromatic heterocycles. The number of Topliss-reactive ketones (excluding diaryl/α,β-unsaturated/α-hetero) is 1. The fourth-order valence-electron chi connectivity index (χ4n) is 4.96. The van der Waals surface area contributed by atoms with E-state index < -0.39 is 0 Å². The van der Waals surface area contributed by atoms with Crippen LogP contribution >= 0.6 is 22.7 Å². The number of amides is 1. The van der Waals surface area contributed by atoms with Crippen LogP contribution in [0.25, 0.3) is 0 Å². The molecule has 0 saturated carbocycles. The van der Waals surface area contributed by atoms with Crippen LogP contribution in [0.15, 0.2) is 28.8 Å². The van der Waals surface area contributed by atoms with Crippen LogP contribution in [0.3, 0.4) is 0 Å². The Morgan fingerprint density at radius 3 is 2.72 bits per heavy atom. The number of fused-ring (bicyclic) bond motifs is 1. The van der Waals surface area contributed by atoms with Gasteiger partial charge in [0.25, 0.3) is 0 Å². The topological polar surface area (TPSA) is 61.2 Å². The highest BCUT2D eigenvalue weighted by molar-refractivity contribution is 7.16. The molecule has 3 heterocycles. The molecule has 0 N–H and O–H groups in total. The van der Waals surface area contributed by atoms with Crippen molar-refractivity contribution in [2.45, 2.75) is 63.7 Å². The Morgan fingerprint density at radius 1 is 1.07 bits per heavy atom. The van der Waals surface area contributed by atoms with Crippen molar-refractivity contribution in [3.63, 3.8) is 0 Å². The lowest BCUT2D eigenvalue weighted by atomic mass is 9.80. The number of nitriles is 1. The summed E-state index contributed by atoms with van der Waals surface area (Å²) in [5, 5.41) is 12.7. The van der Waals surface area contributed by atoms with Gasteiger partial charge in [-0.05, 0) is 55.5 Å². The van der Waals surface area contributed by atoms with E-state index in [0.717, 1.165) is 65.2 Å². The Morgan fingerprint density at radius 2 is 1.93 bits per heavy atom. The van der Waals surface area contributed by atoms with Gasteiger partial charge in [0.1, 0.15) is 11.1 Å². The molecule has 2 aliphatic carbocycles. The Labute approximate surface area is 178 Å². The molecule has 0 spiro atoms. The zero-order valence-electron chi connectivity index (χ0n) is 16.2. The van der Waals surface area contributed by atoms with Crippen molar-refractivity contribution in [1.82, 2.24) is 0 Å². The average Bonchev–Trinajstić information content (AvgIpc) is 3.30. The summed E-state index contributed by atoms with van der Waals surface area (Å²) < 4.78 is 0. The summed E-state index contributed by atoms with van der Waals surface area (Å²) in [6, 6.07) is 6.41. The molecule has 1 aliphatic heterocycles. The normalized spacial score (nSPS) is 22.2. The molecule has 1 atom stereocenters. The molecule has 5 rings (SSSR count). The van der Waals surface area contributed by atoms with Gasteiger partial charge >= 0.3 is 0 Å². The van der Waals surface area contributed by atoms with E-state index in [4.69, 9.17) is 0 Å². The van der Waals surface area contributed by atoms with E-state index in [0.29, 0.717) is 18.4 Å². The lowest BCUT2D eigenvalue weighted by Gasteiger charge is -2.37. The van der Waals surface area contributed by atoms with Crippen LogP contribution in [0.5, 0.6) is 0 Å². The van der Waals surface area contributed by atoms with Crippen LogP contribution in [-0.2, 0) is 22.4 Å². The summed E-state index contributed by atoms with van der Waals surface area (Å²) in [4.78, 5) is 30.5. The standard InChI is InChI=1S/C23H22N2O2S2/c24-13-16-14-6-2-1-3-9-20(14)29-23(16)25-17-7-4-8-18(26)22(17)15(12-21(25)27)19-10-5-11-28-19/h5,10-11,15H,1-4,6-9,12H2. The van der Waals surface area contributed by atoms with E-state index in [2.05, 4.69) is 6.07 Å². The zero-order valence-corrected chi connectivity index (χ0v) is 17.8. The molecule has 1 unspecified atom stereocenters. The second-order valence-electron chi connectivity index (χ2n) is 7.99. The van der Waals surface area contributed by atoms with Gasteiger partial charge < -0.3 is 0 Å². The number of aryl methyl sites for hydroxylation is 1. The molecule has 29 heavy (non-hydrogen) atoms. The maximum absolute atomic E-state index is 13.4. The third kappa shape index (κ3) is 3.08. The minimum Gasteiger partial charge on any atom is -0.294 e. The molecular formula is C23H22N2O2S2. The third-order valence-corrected chi connectivity index (χ3v) is 8.54. The highest BCUT2D eigenvalue weighted by Crippen LogP contribution is 2.48. The third-order valence-electron chi connectivity index (χ3n) is 6.28. The largest absolute Gasteiger partial charge is 0.294 e. The van der Waals surface area contributed by atoms with Crippen LogP contribution in [0, 0.1) is 11.3 Å². The Kier molecular flexibility index (Phi) is 4.89. The van der Waals surface area contributed by atoms with Gasteiger partial charge in [-0.2, -0.15) is 5.26 Å². The van der Waals surface area contributed by atoms with E-state index in [1.54, 1.807) is 27.6 Å². The molecule has 1 amide bonds. The smallest absolute Gasteiger partial charge is 0.232 e. The van der Waals surface area contributed by atoms with Crippen molar-refractivity contribution in [1.29, 1.82) is 5.26 Å². The second kappa shape index (κ2) is 7.55. The number of ketones is 1. The van der Waals surface area contributed by atoms with Crippen LogP contribution < -0.4 is 4.90 Å². The molecule has 0 saturated heterocycles. The number of carbonyl (C=O) groups is 2. The minimum atomic E-state index is -0.134. The molecule has 3 aliphatic rings. The van der Waals surface area contributed by atoms with Gasteiger partial charge in [-0.3, -0.25) is 14.5 Å². The first-order chi connectivity index (χ1) is 14.2. The molecular weight excluding hydrogens is 400 g/mol. The molecule has 0 radical (unpaired) electrons. The molecule has 0 bridgehead atoms. The summed E-state index contributed by atoms with van der Waals surface area (Å²) in [6.07, 6.45) is 7.67. The van der Waals surface area contributed by atoms with E-state index >= 15 is 0 Å². The zero-order chi connectivity index (χ0) is 20.0. The fraction of sp³-hybridized carbons (Fsp3) is 0.435. The number of rotatable bonds is 2. The monoisotopic (exact) mass is 422 g/mol. The van der Waals surface area contributed by atoms with E-state index in [9.17, 15) is 14.9 Å². The van der Waals surface area contributed by atoms with Gasteiger partial charge in [-0.25, -0.2) is 0 Å². The first-order valence-electron chi connectivity index (χ1n) is 10.4. The summed E-state index contributed by atoms with van der Waals surface area (Å²) in [7, 11) is 0. The van der Waals surface area contributed by atoms with Crippen LogP contribution in [0.2, 0.25) is 0 Å². The molecule has 0 aromatic carbocycles. The van der Waals surface area contributed by atoms with E-state index in [1.807, 2.05) is 17.5 Å². The van der Waals surface area contributed by atoms with Gasteiger partial charge in [0, 0.05) is 39.8 Å². The number of hydrogen-bond acceptors (Lipinski definition) is 5. The van der Waals surface area contributed by atoms with Crippen molar-refractivity contribution < 1.29 is 9.59 Å². The van der Waals surface area contributed by atoms with Crippen molar-refractivity contribution in [3.8, 4) is 6.07 Å². The lowest BCUT2D eigenvalue weighted by Crippen LogP contribution is -2.40. The SMILES string of the molecule is N#Cc1c(N2C(=O)CC(c3cccs3)C3=C2CCCC3=O)sc2c1CCCCC2. The number of anilines is 1. The Hall–Kier alpha value is -2.23. The van der Waals surface area contributed by atoms with Crippen LogP contribution in [0.4, 0.5) is 5.00 Å². The minimum absolute atomic E-state index is 0.0183. The first kappa shape index (κ1) is 18.8. The first-order valence-corrected chi connectivity index (χ1v) is 12.1. The van der Waals surface area contributed by atoms with Crippen molar-refractivity contribution in [2.75, 3.05) is 4.90 Å². The highest BCUT2D eigenvalue weighted by Gasteiger charge is 2.41. The van der Waals surface area contributed by atoms with Crippen LogP contribution in [0.1, 0.15) is 71.7 Å². The second-order valence-corrected chi connectivity index (χ2v) is 10.1. The van der Waals surface area contributed by atoms with Gasteiger partial charge in [-0.1, -0.05) is 12.5 Å². The summed E-state index contributed by atoms with van der Waals surface area (Å²) in [5.74, 6) is 0.0495. The maximum atomic E-state index is 13.4. The van der Waals surface area contributed by atoms with E-state index in [1.165, 1.54) is 11.3 Å². The summed E-state index contributed by atoms with van der Waals surface area (Å²) >= 11 is 3.22. The predicted molar refractivity (Wildman–Crippen MR) is 115 cm³/mol. The van der Waals surface area contributed by atoms with Crippen LogP contribution in [-0.4, -0.2) is 11.7 Å². The molecule has 6 heteroatoms. The highest BCUT2D eigenvalue weighted by atomic mass is 32.1. The lowest BCUT2D eigenvalue weighted by molar-refractivity contribution is -0.119. The fourth-order valence-corrected chi connectivity index (χ4v) is 7.18. The number of carbonyl (C=O) groups excluding carboxylic acids is 2. The Bertz CT molecular complexity index is 1060. The number of allylic oxidation sites excluding steroid dienone is 2. The van der Waals surface area contributed by atoms with Crippen molar-refractivity contribution in [3.05, 3.63) is 49.7 Å². The molecule has 4 nitrogen and oxygen atoms in total. The van der Waals surface area contributed by atoms with Gasteiger partial charge in [-0.15, -0.1) is 22.7 Å². The maximum Gasteiger partial charge on any atom is 0.232 e. The van der Waals surface area contributed by atoms with Crippen molar-refractivity contribution in [2.24, 2.45) is 0 Å². The average molecular weight is 423 g/mol. The molecule has 0 fully saturated rings. The number of hydrogen-bond donors (Lipinski definition) is 0. The van der Waals surface area contributed by atoms with Crippen molar-refractivity contribution >= 4 is 39.4 Å². The van der Waals surface area contributed by atoms with E-state index in [-0.39, 0.29) is 17.6 Å². The molecule has 2 aromatic rings. The molecule has 148 valence electrons. The summed E-state index contributed by atoms with van der Waals surface area (Å²) in [6.45, 7) is 0. The summed E-state index contributed by atoms with van der Waals surface area (Å²) in [5.41, 5.74) is 3.47.